The Morgan fingerprint density at radius 1 is 0.300 bits per heavy atom. The lowest BCUT2D eigenvalue weighted by Gasteiger charge is -2.28. The van der Waals surface area contributed by atoms with Gasteiger partial charge in [0.1, 0.15) is 5.78 Å². The lowest BCUT2D eigenvalue weighted by molar-refractivity contribution is -0.123. The van der Waals surface area contributed by atoms with E-state index in [-0.39, 0.29) is 5.91 Å². The van der Waals surface area contributed by atoms with Crippen LogP contribution in [0, 0.1) is 0 Å². The van der Waals surface area contributed by atoms with Crippen molar-refractivity contribution < 1.29 is 9.59 Å². The highest BCUT2D eigenvalue weighted by Gasteiger charge is 2.15. The number of carbonyl (C=O) groups excluding carboxylic acids is 2. The van der Waals surface area contributed by atoms with E-state index in [1.165, 1.54) is 238 Å². The first-order chi connectivity index (χ1) is 29.5. The van der Waals surface area contributed by atoms with Crippen LogP contribution in [0.15, 0.2) is 0 Å². The van der Waals surface area contributed by atoms with E-state index in [1.807, 2.05) is 0 Å². The van der Waals surface area contributed by atoms with E-state index in [9.17, 15) is 9.59 Å². The van der Waals surface area contributed by atoms with Crippen LogP contribution in [0.4, 0.5) is 0 Å². The average Bonchev–Trinajstić information content (AvgIpc) is 3.24. The van der Waals surface area contributed by atoms with Gasteiger partial charge in [-0.1, -0.05) is 227 Å². The normalized spacial score (nSPS) is 11.8. The quantitative estimate of drug-likeness (QED) is 0.0618. The number of hydrogen-bond donors (Lipinski definition) is 1. The van der Waals surface area contributed by atoms with Crippen LogP contribution in [-0.4, -0.2) is 91.8 Å². The summed E-state index contributed by atoms with van der Waals surface area (Å²) >= 11 is 0. The first kappa shape index (κ1) is 59.0. The van der Waals surface area contributed by atoms with Gasteiger partial charge in [0, 0.05) is 26.1 Å². The third-order valence-electron chi connectivity index (χ3n) is 12.8. The minimum absolute atomic E-state index is 0.135. The van der Waals surface area contributed by atoms with E-state index in [1.54, 1.807) is 0 Å². The van der Waals surface area contributed by atoms with Gasteiger partial charge in [-0.2, -0.15) is 0 Å². The van der Waals surface area contributed by atoms with Crippen LogP contribution in [0.5, 0.6) is 0 Å². The highest BCUT2D eigenvalue weighted by atomic mass is 16.2. The van der Waals surface area contributed by atoms with Crippen molar-refractivity contribution >= 4 is 11.7 Å². The van der Waals surface area contributed by atoms with Gasteiger partial charge in [0.15, 0.2) is 0 Å². The molecule has 0 aliphatic carbocycles. The zero-order valence-corrected chi connectivity index (χ0v) is 41.9. The molecule has 0 aromatic heterocycles. The van der Waals surface area contributed by atoms with Crippen LogP contribution in [0.25, 0.3) is 0 Å². The predicted molar refractivity (Wildman–Crippen MR) is 267 cm³/mol. The first-order valence-electron chi connectivity index (χ1n) is 27.5. The molecule has 0 spiro atoms. The standard InChI is InChI=1S/C54H110N4O2/c1-6-11-16-21-26-31-36-44-56(45-37-32-27-22-17-12-7-2)49-50-58(48-40-35-30-25-20-15-10-5)52-54(60)55-43-41-42-53(59)51-57(46-38-33-28-23-18-13-8-3)47-39-34-29-24-19-14-9-4/h6-52H2,1-5H3,(H,55,60). The number of Topliss-reactive ketones (excluding diaryl/α,β-unsaturated/α-hetero) is 1. The number of carbonyl (C=O) groups is 2. The van der Waals surface area contributed by atoms with E-state index in [0.717, 1.165) is 39.1 Å². The molecule has 1 N–H and O–H groups in total. The van der Waals surface area contributed by atoms with E-state index in [2.05, 4.69) is 54.6 Å². The van der Waals surface area contributed by atoms with Gasteiger partial charge in [0.2, 0.25) is 5.91 Å². The smallest absolute Gasteiger partial charge is 0.234 e. The van der Waals surface area contributed by atoms with Gasteiger partial charge in [-0.3, -0.25) is 19.4 Å². The second-order valence-electron chi connectivity index (χ2n) is 19.0. The molecule has 0 aromatic rings. The van der Waals surface area contributed by atoms with Crippen LogP contribution in [0.2, 0.25) is 0 Å². The molecular formula is C54H110N4O2. The maximum absolute atomic E-state index is 13.4. The SMILES string of the molecule is CCCCCCCCCN(CCCCCCCCC)CCN(CCCCCCCCC)CC(=O)NCCCC(=O)CN(CCCCCCCCC)CCCCCCCCC. The number of nitrogens with zero attached hydrogens (tertiary/aromatic N) is 3. The minimum atomic E-state index is 0.135. The van der Waals surface area contributed by atoms with E-state index < -0.39 is 0 Å². The van der Waals surface area contributed by atoms with Crippen molar-refractivity contribution in [3.05, 3.63) is 0 Å². The van der Waals surface area contributed by atoms with Crippen LogP contribution in [-0.2, 0) is 9.59 Å². The minimum Gasteiger partial charge on any atom is -0.355 e. The molecule has 0 saturated carbocycles. The van der Waals surface area contributed by atoms with Gasteiger partial charge in [0.25, 0.3) is 0 Å². The molecule has 0 rings (SSSR count). The summed E-state index contributed by atoms with van der Waals surface area (Å²) in [6.07, 6.45) is 47.8. The van der Waals surface area contributed by atoms with Crippen molar-refractivity contribution in [2.45, 2.75) is 272 Å². The van der Waals surface area contributed by atoms with Gasteiger partial charge in [-0.15, -0.1) is 0 Å². The molecule has 0 fully saturated rings. The largest absolute Gasteiger partial charge is 0.355 e. The zero-order valence-electron chi connectivity index (χ0n) is 41.9. The molecule has 1 amide bonds. The third-order valence-corrected chi connectivity index (χ3v) is 12.8. The number of amides is 1. The zero-order chi connectivity index (χ0) is 43.8. The number of nitrogens with one attached hydrogen (secondary N) is 1. The van der Waals surface area contributed by atoms with Crippen LogP contribution < -0.4 is 5.32 Å². The molecule has 0 heterocycles. The third kappa shape index (κ3) is 43.7. The number of rotatable bonds is 51. The van der Waals surface area contributed by atoms with Gasteiger partial charge in [-0.05, 0) is 71.2 Å². The summed E-state index contributed by atoms with van der Waals surface area (Å²) in [5.41, 5.74) is 0. The molecule has 6 heteroatoms. The van der Waals surface area contributed by atoms with Gasteiger partial charge >= 0.3 is 0 Å². The highest BCUT2D eigenvalue weighted by Crippen LogP contribution is 2.14. The van der Waals surface area contributed by atoms with Crippen molar-refractivity contribution in [3.63, 3.8) is 0 Å². The second kappa shape index (κ2) is 49.0. The van der Waals surface area contributed by atoms with Crippen molar-refractivity contribution in [2.75, 3.05) is 65.4 Å². The molecule has 0 saturated heterocycles. The number of ketones is 1. The Labute approximate surface area is 377 Å². The summed E-state index contributed by atoms with van der Waals surface area (Å²) < 4.78 is 0. The molecule has 0 unspecified atom stereocenters. The Bertz CT molecular complexity index is 833. The fourth-order valence-electron chi connectivity index (χ4n) is 8.72. The molecule has 0 aromatic carbocycles. The average molecular weight is 847 g/mol. The number of unbranched alkanes of at least 4 members (excludes halogenated alkanes) is 30. The van der Waals surface area contributed by atoms with E-state index >= 15 is 0 Å². The summed E-state index contributed by atoms with van der Waals surface area (Å²) in [5.74, 6) is 0.480. The van der Waals surface area contributed by atoms with E-state index in [0.29, 0.717) is 31.8 Å². The molecule has 0 aliphatic heterocycles. The maximum Gasteiger partial charge on any atom is 0.234 e. The summed E-state index contributed by atoms with van der Waals surface area (Å²) in [4.78, 5) is 34.2. The van der Waals surface area contributed by atoms with Gasteiger partial charge in [0.05, 0.1) is 13.1 Å². The second-order valence-corrected chi connectivity index (χ2v) is 19.0. The molecule has 0 atom stereocenters. The molecule has 0 radical (unpaired) electrons. The number of hydrogen-bond acceptors (Lipinski definition) is 5. The van der Waals surface area contributed by atoms with Crippen LogP contribution in [0.3, 0.4) is 0 Å². The molecule has 358 valence electrons. The lowest BCUT2D eigenvalue weighted by atomic mass is 10.1. The maximum atomic E-state index is 13.4. The summed E-state index contributed by atoms with van der Waals surface area (Å²) in [7, 11) is 0. The van der Waals surface area contributed by atoms with E-state index in [4.69, 9.17) is 0 Å². The molecule has 6 nitrogen and oxygen atoms in total. The Morgan fingerprint density at radius 3 is 0.900 bits per heavy atom. The molecule has 0 bridgehead atoms. The molecule has 0 aliphatic rings. The summed E-state index contributed by atoms with van der Waals surface area (Å²) in [6.45, 7) is 20.7. The summed E-state index contributed by atoms with van der Waals surface area (Å²) in [5, 5.41) is 3.23. The van der Waals surface area contributed by atoms with Crippen molar-refractivity contribution in [1.82, 2.24) is 20.0 Å². The fraction of sp³-hybridized carbons (Fsp3) is 0.963. The Balaban J connectivity index is 5.04. The van der Waals surface area contributed by atoms with Crippen LogP contribution >= 0.6 is 0 Å². The Hall–Kier alpha value is -0.980. The summed E-state index contributed by atoms with van der Waals surface area (Å²) in [6, 6.07) is 0. The topological polar surface area (TPSA) is 55.9 Å². The van der Waals surface area contributed by atoms with Crippen molar-refractivity contribution in [1.29, 1.82) is 0 Å². The monoisotopic (exact) mass is 847 g/mol. The molecule has 60 heavy (non-hydrogen) atoms. The highest BCUT2D eigenvalue weighted by molar-refractivity contribution is 5.80. The Morgan fingerprint density at radius 2 is 0.567 bits per heavy atom. The van der Waals surface area contributed by atoms with Gasteiger partial charge < -0.3 is 10.2 Å². The Kier molecular flexibility index (Phi) is 48.2. The first-order valence-corrected chi connectivity index (χ1v) is 27.5. The van der Waals surface area contributed by atoms with Crippen LogP contribution in [0.1, 0.15) is 272 Å². The van der Waals surface area contributed by atoms with Crippen molar-refractivity contribution in [2.24, 2.45) is 0 Å². The lowest BCUT2D eigenvalue weighted by Crippen LogP contribution is -2.42. The fourth-order valence-corrected chi connectivity index (χ4v) is 8.72. The predicted octanol–water partition coefficient (Wildman–Crippen LogP) is 15.1. The molecular weight excluding hydrogens is 737 g/mol. The van der Waals surface area contributed by atoms with Crippen molar-refractivity contribution in [3.8, 4) is 0 Å². The van der Waals surface area contributed by atoms with Gasteiger partial charge in [-0.25, -0.2) is 0 Å².